The van der Waals surface area contributed by atoms with Gasteiger partial charge in [-0.2, -0.15) is 0 Å². The zero-order valence-corrected chi connectivity index (χ0v) is 13.6. The molecule has 0 atom stereocenters. The maximum absolute atomic E-state index is 12.5. The van der Waals surface area contributed by atoms with Gasteiger partial charge in [0, 0.05) is 16.6 Å². The van der Waals surface area contributed by atoms with Crippen molar-refractivity contribution in [2.45, 2.75) is 12.8 Å². The molecule has 0 aliphatic heterocycles. The first-order valence-corrected chi connectivity index (χ1v) is 8.29. The molecular formula is C21H18N2O2. The molecule has 3 aromatic carbocycles. The molecule has 1 aliphatic carbocycles. The Bertz CT molecular complexity index is 992. The average Bonchev–Trinajstić information content (AvgIpc) is 2.62. The zero-order chi connectivity index (χ0) is 17.2. The van der Waals surface area contributed by atoms with Crippen molar-refractivity contribution in [3.05, 3.63) is 71.8 Å². The van der Waals surface area contributed by atoms with E-state index in [2.05, 4.69) is 28.9 Å². The maximum Gasteiger partial charge on any atom is 0.323 e. The van der Waals surface area contributed by atoms with Crippen LogP contribution in [0.4, 0.5) is 16.2 Å². The highest BCUT2D eigenvalue weighted by molar-refractivity contribution is 6.07. The van der Waals surface area contributed by atoms with Gasteiger partial charge in [-0.3, -0.25) is 0 Å². The number of nitrogens with one attached hydrogen (secondary N) is 2. The minimum atomic E-state index is -0.284. The van der Waals surface area contributed by atoms with Crippen molar-refractivity contribution in [1.29, 1.82) is 0 Å². The SMILES string of the molecule is O=C(Nc1cccc2c1C=CCC2)Nc1cccc2cc(O)ccc12. The fraction of sp³-hybridized carbons (Fsp3) is 0.0952. The monoisotopic (exact) mass is 330 g/mol. The molecule has 3 N–H and O–H groups in total. The van der Waals surface area contributed by atoms with E-state index < -0.39 is 0 Å². The van der Waals surface area contributed by atoms with Crippen LogP contribution in [0.5, 0.6) is 5.75 Å². The van der Waals surface area contributed by atoms with Gasteiger partial charge in [-0.05, 0) is 54.1 Å². The number of carbonyl (C=O) groups is 1. The summed E-state index contributed by atoms with van der Waals surface area (Å²) in [5.74, 6) is 0.205. The largest absolute Gasteiger partial charge is 0.508 e. The standard InChI is InChI=1S/C21H18N2O2/c24-16-11-12-18-15(13-16)7-4-10-20(18)23-21(25)22-19-9-3-6-14-5-1-2-8-17(14)19/h2-4,6-13,24H,1,5H2,(H2,22,23,25). The predicted octanol–water partition coefficient (Wildman–Crippen LogP) is 5.15. The van der Waals surface area contributed by atoms with Gasteiger partial charge in [-0.25, -0.2) is 4.79 Å². The molecule has 2 amide bonds. The van der Waals surface area contributed by atoms with Crippen molar-refractivity contribution < 1.29 is 9.90 Å². The lowest BCUT2D eigenvalue weighted by Gasteiger charge is -2.16. The highest BCUT2D eigenvalue weighted by Gasteiger charge is 2.12. The summed E-state index contributed by atoms with van der Waals surface area (Å²) in [4.78, 5) is 12.5. The molecule has 4 rings (SSSR count). The molecule has 124 valence electrons. The third-order valence-electron chi connectivity index (χ3n) is 4.42. The Morgan fingerprint density at radius 1 is 0.960 bits per heavy atom. The number of hydrogen-bond donors (Lipinski definition) is 3. The van der Waals surface area contributed by atoms with Crippen LogP contribution in [0.3, 0.4) is 0 Å². The molecule has 0 saturated carbocycles. The van der Waals surface area contributed by atoms with E-state index in [4.69, 9.17) is 0 Å². The Morgan fingerprint density at radius 3 is 2.68 bits per heavy atom. The molecule has 0 saturated heterocycles. The van der Waals surface area contributed by atoms with Crippen LogP contribution in [0.15, 0.2) is 60.7 Å². The number of carbonyl (C=O) groups excluding carboxylic acids is 1. The summed E-state index contributed by atoms with van der Waals surface area (Å²) in [5.41, 5.74) is 3.84. The van der Waals surface area contributed by atoms with Crippen molar-refractivity contribution in [3.63, 3.8) is 0 Å². The van der Waals surface area contributed by atoms with E-state index in [1.54, 1.807) is 18.2 Å². The molecule has 1 aliphatic rings. The Labute approximate surface area is 145 Å². The summed E-state index contributed by atoms with van der Waals surface area (Å²) in [6, 6.07) is 16.4. The number of aryl methyl sites for hydroxylation is 1. The van der Waals surface area contributed by atoms with Gasteiger partial charge in [0.1, 0.15) is 5.75 Å². The van der Waals surface area contributed by atoms with Crippen molar-refractivity contribution in [3.8, 4) is 5.75 Å². The van der Waals surface area contributed by atoms with Crippen LogP contribution in [0.2, 0.25) is 0 Å². The van der Waals surface area contributed by atoms with Crippen molar-refractivity contribution >= 4 is 34.3 Å². The third-order valence-corrected chi connectivity index (χ3v) is 4.42. The van der Waals surface area contributed by atoms with Crippen molar-refractivity contribution in [2.24, 2.45) is 0 Å². The molecule has 0 unspecified atom stereocenters. The van der Waals surface area contributed by atoms with Crippen LogP contribution in [0.1, 0.15) is 17.5 Å². The lowest BCUT2D eigenvalue weighted by Crippen LogP contribution is -2.20. The quantitative estimate of drug-likeness (QED) is 0.608. The predicted molar refractivity (Wildman–Crippen MR) is 102 cm³/mol. The minimum absolute atomic E-state index is 0.205. The molecule has 0 fully saturated rings. The minimum Gasteiger partial charge on any atom is -0.508 e. The number of anilines is 2. The van der Waals surface area contributed by atoms with Crippen LogP contribution in [0, 0.1) is 0 Å². The number of benzene rings is 3. The maximum atomic E-state index is 12.5. The first-order chi connectivity index (χ1) is 12.2. The van der Waals surface area contributed by atoms with Gasteiger partial charge >= 0.3 is 6.03 Å². The molecule has 0 bridgehead atoms. The second-order valence-corrected chi connectivity index (χ2v) is 6.11. The second-order valence-electron chi connectivity index (χ2n) is 6.11. The first kappa shape index (κ1) is 15.3. The number of urea groups is 1. The van der Waals surface area contributed by atoms with Crippen LogP contribution < -0.4 is 10.6 Å². The van der Waals surface area contributed by atoms with Crippen molar-refractivity contribution in [2.75, 3.05) is 10.6 Å². The van der Waals surface area contributed by atoms with Gasteiger partial charge in [0.05, 0.1) is 5.69 Å². The van der Waals surface area contributed by atoms with Crippen LogP contribution in [-0.4, -0.2) is 11.1 Å². The van der Waals surface area contributed by atoms with E-state index >= 15 is 0 Å². The summed E-state index contributed by atoms with van der Waals surface area (Å²) >= 11 is 0. The lowest BCUT2D eigenvalue weighted by molar-refractivity contribution is 0.262. The highest BCUT2D eigenvalue weighted by atomic mass is 16.3. The Kier molecular flexibility index (Phi) is 3.86. The van der Waals surface area contributed by atoms with E-state index in [1.807, 2.05) is 30.3 Å². The lowest BCUT2D eigenvalue weighted by atomic mass is 9.96. The van der Waals surface area contributed by atoms with Gasteiger partial charge < -0.3 is 15.7 Å². The molecule has 0 heterocycles. The number of phenols is 1. The molecule has 0 spiro atoms. The number of amides is 2. The summed E-state index contributed by atoms with van der Waals surface area (Å²) in [7, 11) is 0. The van der Waals surface area contributed by atoms with E-state index in [0.717, 1.165) is 34.9 Å². The van der Waals surface area contributed by atoms with E-state index in [0.29, 0.717) is 5.69 Å². The molecule has 4 heteroatoms. The zero-order valence-electron chi connectivity index (χ0n) is 13.6. The van der Waals surface area contributed by atoms with E-state index in [1.165, 1.54) is 5.56 Å². The van der Waals surface area contributed by atoms with Gasteiger partial charge in [0.15, 0.2) is 0 Å². The average molecular weight is 330 g/mol. The van der Waals surface area contributed by atoms with E-state index in [9.17, 15) is 9.90 Å². The fourth-order valence-corrected chi connectivity index (χ4v) is 3.23. The Morgan fingerprint density at radius 2 is 1.76 bits per heavy atom. The molecule has 0 radical (unpaired) electrons. The number of aromatic hydroxyl groups is 1. The van der Waals surface area contributed by atoms with Crippen LogP contribution >= 0.6 is 0 Å². The van der Waals surface area contributed by atoms with Gasteiger partial charge in [0.25, 0.3) is 0 Å². The summed E-state index contributed by atoms with van der Waals surface area (Å²) < 4.78 is 0. The van der Waals surface area contributed by atoms with Crippen molar-refractivity contribution in [1.82, 2.24) is 0 Å². The van der Waals surface area contributed by atoms with Gasteiger partial charge in [0.2, 0.25) is 0 Å². The summed E-state index contributed by atoms with van der Waals surface area (Å²) in [5, 5.41) is 17.2. The molecule has 3 aromatic rings. The van der Waals surface area contributed by atoms with E-state index in [-0.39, 0.29) is 11.8 Å². The Balaban J connectivity index is 1.59. The highest BCUT2D eigenvalue weighted by Crippen LogP contribution is 2.28. The number of fused-ring (bicyclic) bond motifs is 2. The van der Waals surface area contributed by atoms with Gasteiger partial charge in [-0.1, -0.05) is 36.4 Å². The Hall–Kier alpha value is -3.27. The van der Waals surface area contributed by atoms with Gasteiger partial charge in [-0.15, -0.1) is 0 Å². The van der Waals surface area contributed by atoms with Crippen LogP contribution in [0.25, 0.3) is 16.8 Å². The summed E-state index contributed by atoms with van der Waals surface area (Å²) in [6.07, 6.45) is 6.22. The van der Waals surface area contributed by atoms with Crippen LogP contribution in [-0.2, 0) is 6.42 Å². The third kappa shape index (κ3) is 3.06. The fourth-order valence-electron chi connectivity index (χ4n) is 3.23. The first-order valence-electron chi connectivity index (χ1n) is 8.29. The summed E-state index contributed by atoms with van der Waals surface area (Å²) in [6.45, 7) is 0. The second kappa shape index (κ2) is 6.32. The molecule has 25 heavy (non-hydrogen) atoms. The number of allylic oxidation sites excluding steroid dienone is 1. The molecule has 0 aromatic heterocycles. The topological polar surface area (TPSA) is 61.4 Å². The molecule has 4 nitrogen and oxygen atoms in total. The molecular weight excluding hydrogens is 312 g/mol. The normalized spacial score (nSPS) is 12.6. The number of phenolic OH excluding ortho intramolecular Hbond substituents is 1. The number of rotatable bonds is 2. The number of hydrogen-bond acceptors (Lipinski definition) is 2. The smallest absolute Gasteiger partial charge is 0.323 e.